The van der Waals surface area contributed by atoms with Crippen LogP contribution >= 0.6 is 0 Å². The average Bonchev–Trinajstić information content (AvgIpc) is 3.15. The first kappa shape index (κ1) is 14.9. The van der Waals surface area contributed by atoms with Gasteiger partial charge < -0.3 is 9.84 Å². The quantitative estimate of drug-likeness (QED) is 0.804. The van der Waals surface area contributed by atoms with E-state index in [1.54, 1.807) is 6.92 Å². The lowest BCUT2D eigenvalue weighted by atomic mass is 9.94. The van der Waals surface area contributed by atoms with E-state index in [0.717, 1.165) is 18.6 Å². The Morgan fingerprint density at radius 1 is 1.45 bits per heavy atom. The molecule has 1 aliphatic carbocycles. The van der Waals surface area contributed by atoms with Crippen molar-refractivity contribution in [2.75, 3.05) is 0 Å². The number of benzene rings is 1. The number of carboxylic acid groups (broad SMARTS) is 1. The van der Waals surface area contributed by atoms with Crippen LogP contribution < -0.4 is 10.1 Å². The van der Waals surface area contributed by atoms with Gasteiger partial charge in [0.15, 0.2) is 0 Å². The first-order valence-corrected chi connectivity index (χ1v) is 7.13. The maximum absolute atomic E-state index is 11.5. The van der Waals surface area contributed by atoms with Crippen LogP contribution in [0.2, 0.25) is 0 Å². The van der Waals surface area contributed by atoms with Gasteiger partial charge in [-0.2, -0.15) is 0 Å². The summed E-state index contributed by atoms with van der Waals surface area (Å²) >= 11 is 0. The largest absolute Gasteiger partial charge is 0.491 e. The molecule has 4 nitrogen and oxygen atoms in total. The fraction of sp³-hybridized carbons (Fsp3) is 0.562. The first-order valence-electron chi connectivity index (χ1n) is 7.13. The number of ether oxygens (including phenoxy) is 1. The van der Waals surface area contributed by atoms with Gasteiger partial charge in [0.25, 0.3) is 0 Å². The second kappa shape index (κ2) is 5.83. The van der Waals surface area contributed by atoms with Gasteiger partial charge in [0.05, 0.1) is 6.10 Å². The smallest absolute Gasteiger partial charge is 0.323 e. The Hall–Kier alpha value is -1.55. The highest BCUT2D eigenvalue weighted by Crippen LogP contribution is 2.26. The molecule has 0 amide bonds. The molecule has 110 valence electrons. The predicted molar refractivity (Wildman–Crippen MR) is 78.1 cm³/mol. The Morgan fingerprint density at radius 3 is 2.55 bits per heavy atom. The van der Waals surface area contributed by atoms with E-state index in [2.05, 4.69) is 5.32 Å². The van der Waals surface area contributed by atoms with Crippen molar-refractivity contribution in [3.8, 4) is 5.75 Å². The van der Waals surface area contributed by atoms with Gasteiger partial charge in [0.1, 0.15) is 11.3 Å². The van der Waals surface area contributed by atoms with Crippen molar-refractivity contribution in [3.63, 3.8) is 0 Å². The molecule has 0 bridgehead atoms. The molecule has 1 aromatic carbocycles. The number of aliphatic carboxylic acids is 1. The highest BCUT2D eigenvalue weighted by molar-refractivity contribution is 5.78. The highest BCUT2D eigenvalue weighted by atomic mass is 16.5. The topological polar surface area (TPSA) is 58.6 Å². The second-order valence-corrected chi connectivity index (χ2v) is 6.00. The Balaban J connectivity index is 1.95. The maximum atomic E-state index is 11.5. The minimum atomic E-state index is -0.925. The highest BCUT2D eigenvalue weighted by Gasteiger charge is 2.39. The lowest BCUT2D eigenvalue weighted by molar-refractivity contribution is -0.145. The number of rotatable bonds is 7. The SMILES string of the molecule is Cc1ccc(OC(C)CC(C)(NC2CC2)C(=O)O)cc1. The summed E-state index contributed by atoms with van der Waals surface area (Å²) in [5.74, 6) is -0.0361. The van der Waals surface area contributed by atoms with Crippen LogP contribution in [-0.4, -0.2) is 28.8 Å². The van der Waals surface area contributed by atoms with Gasteiger partial charge in [-0.3, -0.25) is 10.1 Å². The second-order valence-electron chi connectivity index (χ2n) is 6.00. The third-order valence-electron chi connectivity index (χ3n) is 3.63. The zero-order chi connectivity index (χ0) is 14.8. The zero-order valence-corrected chi connectivity index (χ0v) is 12.3. The summed E-state index contributed by atoms with van der Waals surface area (Å²) < 4.78 is 5.81. The number of carboxylic acids is 1. The van der Waals surface area contributed by atoms with E-state index in [9.17, 15) is 9.90 Å². The van der Waals surface area contributed by atoms with Crippen molar-refractivity contribution < 1.29 is 14.6 Å². The molecule has 0 saturated heterocycles. The van der Waals surface area contributed by atoms with Crippen LogP contribution in [0.1, 0.15) is 38.7 Å². The van der Waals surface area contributed by atoms with Crippen LogP contribution in [0, 0.1) is 6.92 Å². The van der Waals surface area contributed by atoms with Crippen molar-refractivity contribution in [1.82, 2.24) is 5.32 Å². The molecular weight excluding hydrogens is 254 g/mol. The van der Waals surface area contributed by atoms with Gasteiger partial charge in [-0.15, -0.1) is 0 Å². The number of hydrogen-bond donors (Lipinski definition) is 2. The molecular formula is C16H23NO3. The molecule has 1 aliphatic rings. The van der Waals surface area contributed by atoms with E-state index in [4.69, 9.17) is 4.74 Å². The Morgan fingerprint density at radius 2 is 2.05 bits per heavy atom. The Bertz CT molecular complexity index is 467. The Kier molecular flexibility index (Phi) is 4.33. The van der Waals surface area contributed by atoms with Crippen LogP contribution in [0.5, 0.6) is 5.75 Å². The van der Waals surface area contributed by atoms with Crippen molar-refractivity contribution in [2.24, 2.45) is 0 Å². The fourth-order valence-corrected chi connectivity index (χ4v) is 2.35. The minimum absolute atomic E-state index is 0.162. The molecule has 4 heteroatoms. The predicted octanol–water partition coefficient (Wildman–Crippen LogP) is 2.75. The van der Waals surface area contributed by atoms with Crippen molar-refractivity contribution in [1.29, 1.82) is 0 Å². The molecule has 1 saturated carbocycles. The minimum Gasteiger partial charge on any atom is -0.491 e. The van der Waals surface area contributed by atoms with Gasteiger partial charge in [0, 0.05) is 12.5 Å². The summed E-state index contributed by atoms with van der Waals surface area (Å²) in [6.45, 7) is 5.67. The molecule has 2 rings (SSSR count). The van der Waals surface area contributed by atoms with E-state index in [0.29, 0.717) is 12.5 Å². The number of aryl methyl sites for hydroxylation is 1. The van der Waals surface area contributed by atoms with Crippen LogP contribution in [-0.2, 0) is 4.79 Å². The lowest BCUT2D eigenvalue weighted by Crippen LogP contribution is -2.52. The molecule has 0 aliphatic heterocycles. The van der Waals surface area contributed by atoms with Crippen LogP contribution in [0.3, 0.4) is 0 Å². The summed E-state index contributed by atoms with van der Waals surface area (Å²) in [6, 6.07) is 8.15. The van der Waals surface area contributed by atoms with Crippen LogP contribution in [0.4, 0.5) is 0 Å². The molecule has 2 atom stereocenters. The molecule has 0 aromatic heterocycles. The van der Waals surface area contributed by atoms with Crippen LogP contribution in [0.25, 0.3) is 0 Å². The summed E-state index contributed by atoms with van der Waals surface area (Å²) in [5.41, 5.74) is 0.251. The summed E-state index contributed by atoms with van der Waals surface area (Å²) in [7, 11) is 0. The molecule has 2 unspecified atom stereocenters. The fourth-order valence-electron chi connectivity index (χ4n) is 2.35. The zero-order valence-electron chi connectivity index (χ0n) is 12.3. The molecule has 0 spiro atoms. The van der Waals surface area contributed by atoms with E-state index in [-0.39, 0.29) is 6.10 Å². The summed E-state index contributed by atoms with van der Waals surface area (Å²) in [5, 5.41) is 12.7. The average molecular weight is 277 g/mol. The molecule has 1 fully saturated rings. The standard InChI is InChI=1S/C16H23NO3/c1-11-4-8-14(9-5-11)20-12(2)10-16(3,15(18)19)17-13-6-7-13/h4-5,8-9,12-13,17H,6-7,10H2,1-3H3,(H,18,19). The number of hydrogen-bond acceptors (Lipinski definition) is 3. The normalized spacial score (nSPS) is 19.1. The van der Waals surface area contributed by atoms with E-state index in [1.807, 2.05) is 38.1 Å². The summed E-state index contributed by atoms with van der Waals surface area (Å²) in [6.07, 6.45) is 2.41. The third kappa shape index (κ3) is 3.97. The maximum Gasteiger partial charge on any atom is 0.323 e. The van der Waals surface area contributed by atoms with E-state index in [1.165, 1.54) is 5.56 Å². The van der Waals surface area contributed by atoms with Crippen molar-refractivity contribution in [2.45, 2.75) is 57.7 Å². The molecule has 2 N–H and O–H groups in total. The number of carbonyl (C=O) groups is 1. The molecule has 0 heterocycles. The molecule has 0 radical (unpaired) electrons. The third-order valence-corrected chi connectivity index (χ3v) is 3.63. The Labute approximate surface area is 120 Å². The van der Waals surface area contributed by atoms with Gasteiger partial charge in [-0.1, -0.05) is 17.7 Å². The van der Waals surface area contributed by atoms with Gasteiger partial charge in [0.2, 0.25) is 0 Å². The van der Waals surface area contributed by atoms with Gasteiger partial charge in [-0.05, 0) is 45.7 Å². The molecule has 1 aromatic rings. The van der Waals surface area contributed by atoms with Gasteiger partial charge in [-0.25, -0.2) is 0 Å². The molecule has 20 heavy (non-hydrogen) atoms. The van der Waals surface area contributed by atoms with Gasteiger partial charge >= 0.3 is 5.97 Å². The first-order chi connectivity index (χ1) is 9.39. The monoisotopic (exact) mass is 277 g/mol. The number of nitrogens with one attached hydrogen (secondary N) is 1. The van der Waals surface area contributed by atoms with Crippen molar-refractivity contribution in [3.05, 3.63) is 29.8 Å². The van der Waals surface area contributed by atoms with Crippen molar-refractivity contribution >= 4 is 5.97 Å². The lowest BCUT2D eigenvalue weighted by Gasteiger charge is -2.29. The van der Waals surface area contributed by atoms with E-state index < -0.39 is 11.5 Å². The summed E-state index contributed by atoms with van der Waals surface area (Å²) in [4.78, 5) is 11.5. The van der Waals surface area contributed by atoms with Crippen LogP contribution in [0.15, 0.2) is 24.3 Å². The van der Waals surface area contributed by atoms with E-state index >= 15 is 0 Å².